The van der Waals surface area contributed by atoms with Crippen LogP contribution in [-0.2, 0) is 5.41 Å². The molecule has 2 unspecified atom stereocenters. The maximum atomic E-state index is 2.45. The van der Waals surface area contributed by atoms with E-state index in [4.69, 9.17) is 0 Å². The van der Waals surface area contributed by atoms with Crippen LogP contribution in [0.4, 0.5) is 0 Å². The Morgan fingerprint density at radius 2 is 0.925 bits per heavy atom. The molecule has 0 heteroatoms. The molecule has 0 saturated heterocycles. The van der Waals surface area contributed by atoms with Crippen molar-refractivity contribution in [2.45, 2.75) is 31.1 Å². The van der Waals surface area contributed by atoms with E-state index in [1.807, 2.05) is 0 Å². The molecule has 0 saturated carbocycles. The van der Waals surface area contributed by atoms with Crippen LogP contribution in [0.15, 0.2) is 200 Å². The fourth-order valence-electron chi connectivity index (χ4n) is 8.48. The second-order valence-corrected chi connectivity index (χ2v) is 14.9. The summed E-state index contributed by atoms with van der Waals surface area (Å²) >= 11 is 0. The van der Waals surface area contributed by atoms with Crippen LogP contribution in [-0.4, -0.2) is 0 Å². The molecule has 9 rings (SSSR count). The molecule has 254 valence electrons. The lowest BCUT2D eigenvalue weighted by Gasteiger charge is -2.22. The van der Waals surface area contributed by atoms with Crippen LogP contribution in [0.3, 0.4) is 0 Å². The molecule has 0 aromatic heterocycles. The molecule has 0 nitrogen and oxygen atoms in total. The van der Waals surface area contributed by atoms with Crippen LogP contribution in [0.25, 0.3) is 39.1 Å². The molecule has 53 heavy (non-hydrogen) atoms. The highest BCUT2D eigenvalue weighted by Crippen LogP contribution is 2.49. The maximum absolute atomic E-state index is 2.45. The zero-order valence-electron chi connectivity index (χ0n) is 30.3. The first-order chi connectivity index (χ1) is 26.0. The largest absolute Gasteiger partial charge is 0.0721 e. The fraction of sp³-hybridized carbons (Fsp3) is 0.0943. The van der Waals surface area contributed by atoms with E-state index >= 15 is 0 Å². The van der Waals surface area contributed by atoms with Gasteiger partial charge < -0.3 is 0 Å². The highest BCUT2D eigenvalue weighted by Gasteiger charge is 2.35. The first-order valence-electron chi connectivity index (χ1n) is 18.7. The van der Waals surface area contributed by atoms with Crippen molar-refractivity contribution in [3.05, 3.63) is 245 Å². The van der Waals surface area contributed by atoms with E-state index < -0.39 is 0 Å². The molecule has 8 aromatic rings. The van der Waals surface area contributed by atoms with E-state index in [1.165, 1.54) is 77.5 Å². The normalized spacial score (nSPS) is 14.2. The summed E-state index contributed by atoms with van der Waals surface area (Å²) < 4.78 is 0. The van der Waals surface area contributed by atoms with Crippen LogP contribution in [0.1, 0.15) is 70.2 Å². The average Bonchev–Trinajstić information content (AvgIpc) is 3.45. The molecule has 0 heterocycles. The van der Waals surface area contributed by atoms with Crippen molar-refractivity contribution in [2.75, 3.05) is 0 Å². The SMILES string of the molecule is CC1(C)c2ccccc2-c2cc(C(/C=C/c3ccc(C(c4ccccc4)c4ccc(-c5ccccc5)cc4)cc3)c3ccc4ccccc4c3)ccc21. The summed E-state index contributed by atoms with van der Waals surface area (Å²) in [6.45, 7) is 4.70. The second-order valence-electron chi connectivity index (χ2n) is 14.9. The van der Waals surface area contributed by atoms with Crippen LogP contribution < -0.4 is 0 Å². The van der Waals surface area contributed by atoms with Gasteiger partial charge in [-0.05, 0) is 83.6 Å². The molecule has 0 spiro atoms. The van der Waals surface area contributed by atoms with Crippen LogP contribution in [0, 0.1) is 0 Å². The van der Waals surface area contributed by atoms with Crippen molar-refractivity contribution in [3.8, 4) is 22.3 Å². The molecule has 1 aliphatic carbocycles. The molecule has 0 amide bonds. The van der Waals surface area contributed by atoms with Crippen molar-refractivity contribution in [1.29, 1.82) is 0 Å². The lowest BCUT2D eigenvalue weighted by molar-refractivity contribution is 0.660. The van der Waals surface area contributed by atoms with Gasteiger partial charge in [-0.15, -0.1) is 0 Å². The van der Waals surface area contributed by atoms with Gasteiger partial charge in [0.15, 0.2) is 0 Å². The third-order valence-electron chi connectivity index (χ3n) is 11.3. The van der Waals surface area contributed by atoms with E-state index in [-0.39, 0.29) is 17.3 Å². The van der Waals surface area contributed by atoms with Gasteiger partial charge in [-0.2, -0.15) is 0 Å². The van der Waals surface area contributed by atoms with Gasteiger partial charge in [0, 0.05) is 17.3 Å². The van der Waals surface area contributed by atoms with Crippen LogP contribution in [0.2, 0.25) is 0 Å². The van der Waals surface area contributed by atoms with Gasteiger partial charge >= 0.3 is 0 Å². The molecule has 2 atom stereocenters. The van der Waals surface area contributed by atoms with E-state index in [0.717, 1.165) is 0 Å². The Labute approximate surface area is 313 Å². The first kappa shape index (κ1) is 32.7. The maximum Gasteiger partial charge on any atom is 0.0340 e. The van der Waals surface area contributed by atoms with Gasteiger partial charge in [0.1, 0.15) is 0 Å². The quantitative estimate of drug-likeness (QED) is 0.140. The van der Waals surface area contributed by atoms with Crippen LogP contribution >= 0.6 is 0 Å². The van der Waals surface area contributed by atoms with Crippen molar-refractivity contribution in [2.24, 2.45) is 0 Å². The molecule has 1 aliphatic rings. The predicted molar refractivity (Wildman–Crippen MR) is 225 cm³/mol. The average molecular weight is 679 g/mol. The monoisotopic (exact) mass is 678 g/mol. The standard InChI is InChI=1S/C53H42/c1-53(2)50-20-12-11-19-48(50)49-36-46(32-34-51(49)53)47(45-31-28-39-15-9-10-18-44(39)35-45)33-23-37-21-24-42(25-22-37)52(41-16-7-4-8-17-41)43-29-26-40(27-30-43)38-13-5-3-6-14-38/h3-36,47,52H,1-2H3/b33-23+. The Hall–Kier alpha value is -6.24. The van der Waals surface area contributed by atoms with Gasteiger partial charge in [-0.3, -0.25) is 0 Å². The van der Waals surface area contributed by atoms with Gasteiger partial charge in [-0.1, -0.05) is 214 Å². The first-order valence-corrected chi connectivity index (χ1v) is 18.7. The fourth-order valence-corrected chi connectivity index (χ4v) is 8.48. The topological polar surface area (TPSA) is 0 Å². The van der Waals surface area contributed by atoms with Crippen LogP contribution in [0.5, 0.6) is 0 Å². The van der Waals surface area contributed by atoms with Gasteiger partial charge in [0.2, 0.25) is 0 Å². The molecular formula is C53H42. The smallest absolute Gasteiger partial charge is 0.0340 e. The summed E-state index contributed by atoms with van der Waals surface area (Å²) in [7, 11) is 0. The summed E-state index contributed by atoms with van der Waals surface area (Å²) in [6.07, 6.45) is 4.70. The lowest BCUT2D eigenvalue weighted by atomic mass is 9.81. The number of allylic oxidation sites excluding steroid dienone is 1. The molecule has 0 fully saturated rings. The number of hydrogen-bond acceptors (Lipinski definition) is 0. The van der Waals surface area contributed by atoms with Crippen molar-refractivity contribution in [1.82, 2.24) is 0 Å². The van der Waals surface area contributed by atoms with Crippen molar-refractivity contribution in [3.63, 3.8) is 0 Å². The van der Waals surface area contributed by atoms with Gasteiger partial charge in [-0.25, -0.2) is 0 Å². The Kier molecular flexibility index (Phi) is 8.45. The molecule has 0 N–H and O–H groups in total. The molecule has 8 aromatic carbocycles. The minimum absolute atomic E-state index is 0.0119. The number of rotatable bonds is 8. The highest BCUT2D eigenvalue weighted by atomic mass is 14.4. The number of hydrogen-bond donors (Lipinski definition) is 0. The summed E-state index contributed by atoms with van der Waals surface area (Å²) in [5.41, 5.74) is 15.6. The predicted octanol–water partition coefficient (Wildman–Crippen LogP) is 13.8. The van der Waals surface area contributed by atoms with E-state index in [1.54, 1.807) is 0 Å². The van der Waals surface area contributed by atoms with E-state index in [9.17, 15) is 0 Å². The zero-order chi connectivity index (χ0) is 35.8. The van der Waals surface area contributed by atoms with E-state index in [0.29, 0.717) is 0 Å². The molecular weight excluding hydrogens is 637 g/mol. The summed E-state index contributed by atoms with van der Waals surface area (Å²) in [5, 5.41) is 2.53. The molecule has 0 bridgehead atoms. The number of benzene rings is 8. The molecule has 0 radical (unpaired) electrons. The summed E-state index contributed by atoms with van der Waals surface area (Å²) in [4.78, 5) is 0. The minimum atomic E-state index is -0.0119. The molecule has 0 aliphatic heterocycles. The van der Waals surface area contributed by atoms with Gasteiger partial charge in [0.05, 0.1) is 0 Å². The van der Waals surface area contributed by atoms with Crippen molar-refractivity contribution < 1.29 is 0 Å². The third kappa shape index (κ3) is 6.21. The lowest BCUT2D eigenvalue weighted by Crippen LogP contribution is -2.14. The summed E-state index contributed by atoms with van der Waals surface area (Å²) in [5.74, 6) is 0.239. The highest BCUT2D eigenvalue weighted by molar-refractivity contribution is 5.84. The Morgan fingerprint density at radius 3 is 1.68 bits per heavy atom. The minimum Gasteiger partial charge on any atom is -0.0721 e. The summed E-state index contributed by atoms with van der Waals surface area (Å²) in [6, 6.07) is 71.4. The third-order valence-corrected chi connectivity index (χ3v) is 11.3. The van der Waals surface area contributed by atoms with E-state index in [2.05, 4.69) is 220 Å². The Balaban J connectivity index is 1.07. The second kappa shape index (κ2) is 13.7. The van der Waals surface area contributed by atoms with Crippen molar-refractivity contribution >= 4 is 16.8 Å². The zero-order valence-corrected chi connectivity index (χ0v) is 30.3. The Morgan fingerprint density at radius 1 is 0.396 bits per heavy atom. The Bertz CT molecular complexity index is 2550. The number of fused-ring (bicyclic) bond motifs is 4. The van der Waals surface area contributed by atoms with Gasteiger partial charge in [0.25, 0.3) is 0 Å².